The Bertz CT molecular complexity index is 115. The van der Waals surface area contributed by atoms with Crippen LogP contribution in [0.3, 0.4) is 0 Å². The van der Waals surface area contributed by atoms with Crippen molar-refractivity contribution in [2.24, 2.45) is 0 Å². The van der Waals surface area contributed by atoms with E-state index < -0.39 is 41.4 Å². The first kappa shape index (κ1) is 17.3. The van der Waals surface area contributed by atoms with Crippen LogP contribution >= 0.6 is 0 Å². The first-order chi connectivity index (χ1) is 3.46. The molecule has 0 N–H and O–H groups in total. The number of rotatable bonds is 0. The Hall–Kier alpha value is 2.10. The van der Waals surface area contributed by atoms with Crippen molar-refractivity contribution in [3.8, 4) is 0 Å². The van der Waals surface area contributed by atoms with Crippen molar-refractivity contribution in [1.29, 1.82) is 0 Å². The van der Waals surface area contributed by atoms with E-state index in [4.69, 9.17) is 19.3 Å². The van der Waals surface area contributed by atoms with Crippen LogP contribution < -0.4 is 9.98 Å². The van der Waals surface area contributed by atoms with Crippen LogP contribution in [-0.4, -0.2) is 0 Å². The van der Waals surface area contributed by atoms with Crippen molar-refractivity contribution < 1.29 is 96.3 Å². The fraction of sp³-hybridized carbons (Fsp3) is 0. The molecule has 0 aliphatic carbocycles. The molecule has 0 heterocycles. The summed E-state index contributed by atoms with van der Waals surface area (Å²) in [4.78, 5) is 0. The summed E-state index contributed by atoms with van der Waals surface area (Å²) in [6, 6.07) is 0. The third-order valence-electron chi connectivity index (χ3n) is 0. The van der Waals surface area contributed by atoms with Crippen LogP contribution in [0.25, 0.3) is 0 Å². The van der Waals surface area contributed by atoms with Crippen molar-refractivity contribution in [1.82, 2.24) is 0 Å². The van der Waals surface area contributed by atoms with Gasteiger partial charge in [0, 0.05) is 0 Å². The van der Waals surface area contributed by atoms with E-state index in [9.17, 15) is 0 Å². The van der Waals surface area contributed by atoms with Gasteiger partial charge in [0.15, 0.2) is 0 Å². The summed E-state index contributed by atoms with van der Waals surface area (Å²) < 4.78 is 51.7. The Balaban J connectivity index is -0.0000000720. The van der Waals surface area contributed by atoms with Gasteiger partial charge in [-0.3, -0.25) is 0 Å². The van der Waals surface area contributed by atoms with E-state index in [1.165, 1.54) is 0 Å². The summed E-state index contributed by atoms with van der Waals surface area (Å²) in [6.07, 6.45) is 0. The molecule has 0 radical (unpaired) electrons. The van der Waals surface area contributed by atoms with Gasteiger partial charge in [0.05, 0.1) is 0 Å². The zero-order chi connectivity index (χ0) is 7.15. The van der Waals surface area contributed by atoms with Gasteiger partial charge in [-0.1, -0.05) is 0 Å². The maximum atomic E-state index is 8.62. The molecule has 0 fully saturated rings. The van der Waals surface area contributed by atoms with E-state index in [0.29, 0.717) is 0 Å². The molecule has 0 unspecified atom stereocenters. The summed E-state index contributed by atoms with van der Waals surface area (Å²) in [6.45, 7) is 0. The molecule has 48 valence electrons. The van der Waals surface area contributed by atoms with Crippen molar-refractivity contribution in [2.75, 3.05) is 0 Å². The Labute approximate surface area is 94.5 Å². The van der Waals surface area contributed by atoms with E-state index >= 15 is 0 Å². The van der Waals surface area contributed by atoms with Gasteiger partial charge >= 0.3 is 96.3 Å². The Morgan fingerprint density at radius 2 is 1.22 bits per heavy atom. The molecule has 0 amide bonds. The van der Waals surface area contributed by atoms with Crippen LogP contribution in [0.15, 0.2) is 0 Å². The van der Waals surface area contributed by atoms with Crippen LogP contribution in [-0.2, 0) is 50.7 Å². The molecule has 0 saturated carbocycles. The normalized spacial score (nSPS) is 5.67. The van der Waals surface area contributed by atoms with Crippen LogP contribution in [0.1, 0.15) is 0 Å². The van der Waals surface area contributed by atoms with Crippen LogP contribution in [0.4, 0.5) is 0 Å². The molecule has 0 aromatic heterocycles. The number of hydrogen-bond donors (Lipinski definition) is 0. The van der Waals surface area contributed by atoms with Gasteiger partial charge in [-0.2, -0.15) is 0 Å². The third kappa shape index (κ3) is 150. The summed E-state index contributed by atoms with van der Waals surface area (Å²) in [5.74, 6) is 0. The standard InChI is InChI=1S/La.6O.Ta.Zr/q+3;;;;3*-1;;. The summed E-state index contributed by atoms with van der Waals surface area (Å²) in [7, 11) is 0. The topological polar surface area (TPSA) is 120 Å². The van der Waals surface area contributed by atoms with Crippen LogP contribution in [0.5, 0.6) is 0 Å². The minimum atomic E-state index is -4.34. The Kier molecular flexibility index (Phi) is 24.4. The van der Waals surface area contributed by atoms with E-state index in [1.54, 1.807) is 0 Å². The molecule has 9 heteroatoms. The average Bonchev–Trinajstić information content (AvgIpc) is 1.25. The van der Waals surface area contributed by atoms with Crippen LogP contribution in [0.2, 0.25) is 0 Å². The average molecular weight is 507 g/mol. The molecular formula is LaO6TaZr. The van der Waals surface area contributed by atoms with Gasteiger partial charge < -0.3 is 0 Å². The predicted octanol–water partition coefficient (Wildman–Crippen LogP) is -3.93. The first-order valence-electron chi connectivity index (χ1n) is 1.16. The molecule has 0 atom stereocenters. The fourth-order valence-electron chi connectivity index (χ4n) is 0. The third-order valence-corrected chi connectivity index (χ3v) is 0. The van der Waals surface area contributed by atoms with Gasteiger partial charge in [0.1, 0.15) is 0 Å². The van der Waals surface area contributed by atoms with E-state index in [1.807, 2.05) is 0 Å². The maximum absolute atomic E-state index is 8.62. The summed E-state index contributed by atoms with van der Waals surface area (Å²) in [5.41, 5.74) is 0. The van der Waals surface area contributed by atoms with E-state index in [0.717, 1.165) is 0 Å². The van der Waals surface area contributed by atoms with Gasteiger partial charge in [0.25, 0.3) is 0 Å². The molecule has 0 spiro atoms. The zero-order valence-corrected chi connectivity index (χ0v) is 13.3. The first-order valence-corrected chi connectivity index (χ1v) is 8.11. The van der Waals surface area contributed by atoms with Gasteiger partial charge in [-0.05, 0) is 0 Å². The van der Waals surface area contributed by atoms with Gasteiger partial charge in [0.2, 0.25) is 0 Å². The molecule has 0 saturated heterocycles. The zero-order valence-electron chi connectivity index (χ0n) is 3.97. The number of hydrogen-bond acceptors (Lipinski definition) is 6. The van der Waals surface area contributed by atoms with Gasteiger partial charge in [-0.15, -0.1) is 0 Å². The monoisotopic (exact) mass is 506 g/mol. The molecule has 0 aliphatic rings. The molecule has 0 aromatic carbocycles. The van der Waals surface area contributed by atoms with E-state index in [2.05, 4.69) is 0 Å². The molecule has 6 nitrogen and oxygen atoms in total. The fourth-order valence-corrected chi connectivity index (χ4v) is 0. The van der Waals surface area contributed by atoms with Crippen molar-refractivity contribution in [3.63, 3.8) is 0 Å². The van der Waals surface area contributed by atoms with Crippen molar-refractivity contribution in [3.05, 3.63) is 0 Å². The Morgan fingerprint density at radius 3 is 1.22 bits per heavy atom. The van der Waals surface area contributed by atoms with Crippen molar-refractivity contribution in [2.45, 2.75) is 0 Å². The molecule has 0 bridgehead atoms. The minimum absolute atomic E-state index is 0. The molecular weight excluding hydrogens is 507 g/mol. The van der Waals surface area contributed by atoms with Gasteiger partial charge in [-0.25, -0.2) is 0 Å². The van der Waals surface area contributed by atoms with Crippen LogP contribution in [0, 0.1) is 35.6 Å². The second kappa shape index (κ2) is 12.7. The summed E-state index contributed by atoms with van der Waals surface area (Å²) in [5, 5.41) is 0. The molecule has 9 heavy (non-hydrogen) atoms. The molecule has 0 aliphatic heterocycles. The molecule has 0 aromatic rings. The van der Waals surface area contributed by atoms with Crippen molar-refractivity contribution >= 4 is 0 Å². The quantitative estimate of drug-likeness (QED) is 0.331. The second-order valence-corrected chi connectivity index (χ2v) is 3.31. The molecule has 0 rings (SSSR count). The van der Waals surface area contributed by atoms with E-state index in [-0.39, 0.29) is 35.6 Å². The SMILES string of the molecule is [La+3].[O]=[Ta](=[O])[O-].[O]=[Zr]([O-])[O-]. The Morgan fingerprint density at radius 1 is 1.22 bits per heavy atom. The second-order valence-electron chi connectivity index (χ2n) is 0.474. The predicted molar refractivity (Wildman–Crippen MR) is 2.06 cm³/mol. The summed E-state index contributed by atoms with van der Waals surface area (Å²) >= 11 is -8.64.